The maximum Gasteiger partial charge on any atom is 0.112 e. The van der Waals surface area contributed by atoms with Crippen LogP contribution in [0.3, 0.4) is 0 Å². The fourth-order valence-electron chi connectivity index (χ4n) is 4.08. The van der Waals surface area contributed by atoms with Crippen LogP contribution in [0.5, 0.6) is 0 Å². The monoisotopic (exact) mass is 326 g/mol. The van der Waals surface area contributed by atoms with Gasteiger partial charge in [-0.15, -0.1) is 0 Å². The minimum Gasteiger partial charge on any atom is -0.381 e. The first-order valence-corrected chi connectivity index (χ1v) is 9.05. The Kier molecular flexibility index (Phi) is 4.63. The molecule has 1 atom stereocenters. The highest BCUT2D eigenvalue weighted by atomic mass is 16.5. The Bertz CT molecular complexity index is 663. The van der Waals surface area contributed by atoms with E-state index in [0.29, 0.717) is 12.0 Å². The predicted molar refractivity (Wildman–Crippen MR) is 92.9 cm³/mol. The lowest BCUT2D eigenvalue weighted by atomic mass is 9.99. The summed E-state index contributed by atoms with van der Waals surface area (Å²) in [5.74, 6) is 1.83. The van der Waals surface area contributed by atoms with Gasteiger partial charge in [-0.05, 0) is 38.3 Å². The number of hydrogen-bond acceptors (Lipinski definition) is 4. The summed E-state index contributed by atoms with van der Waals surface area (Å²) in [4.78, 5) is 11.7. The molecule has 1 unspecified atom stereocenters. The fourth-order valence-corrected chi connectivity index (χ4v) is 4.08. The van der Waals surface area contributed by atoms with Crippen LogP contribution >= 0.6 is 0 Å². The van der Waals surface area contributed by atoms with Gasteiger partial charge < -0.3 is 9.30 Å². The molecule has 2 aromatic heterocycles. The van der Waals surface area contributed by atoms with Gasteiger partial charge in [0.2, 0.25) is 0 Å². The van der Waals surface area contributed by atoms with Crippen LogP contribution in [0.15, 0.2) is 30.6 Å². The molecular weight excluding hydrogens is 300 g/mol. The molecule has 0 bridgehead atoms. The van der Waals surface area contributed by atoms with Gasteiger partial charge in [-0.3, -0.25) is 9.88 Å². The topological polar surface area (TPSA) is 43.2 Å². The molecule has 2 aliphatic rings. The third-order valence-corrected chi connectivity index (χ3v) is 5.32. The highest BCUT2D eigenvalue weighted by Crippen LogP contribution is 2.32. The molecule has 5 nitrogen and oxygen atoms in total. The largest absolute Gasteiger partial charge is 0.381 e. The van der Waals surface area contributed by atoms with E-state index in [1.54, 1.807) is 0 Å². The van der Waals surface area contributed by atoms with E-state index in [2.05, 4.69) is 33.5 Å². The Labute approximate surface area is 143 Å². The molecule has 5 heteroatoms. The van der Waals surface area contributed by atoms with Crippen molar-refractivity contribution in [2.24, 2.45) is 0 Å². The van der Waals surface area contributed by atoms with Gasteiger partial charge in [-0.2, -0.15) is 0 Å². The second-order valence-electron chi connectivity index (χ2n) is 7.01. The smallest absolute Gasteiger partial charge is 0.112 e. The van der Waals surface area contributed by atoms with Crippen molar-refractivity contribution in [3.8, 4) is 0 Å². The number of nitrogens with zero attached hydrogens (tertiary/aromatic N) is 4. The summed E-state index contributed by atoms with van der Waals surface area (Å²) >= 11 is 0. The molecule has 4 rings (SSSR count). The van der Waals surface area contributed by atoms with E-state index in [0.717, 1.165) is 51.4 Å². The summed E-state index contributed by atoms with van der Waals surface area (Å²) in [6.45, 7) is 7.09. The van der Waals surface area contributed by atoms with Crippen molar-refractivity contribution in [3.63, 3.8) is 0 Å². The number of pyridine rings is 1. The highest BCUT2D eigenvalue weighted by Gasteiger charge is 2.29. The first-order chi connectivity index (χ1) is 11.8. The molecule has 0 radical (unpaired) electrons. The molecule has 24 heavy (non-hydrogen) atoms. The van der Waals surface area contributed by atoms with Gasteiger partial charge in [0.25, 0.3) is 0 Å². The average molecular weight is 326 g/mol. The van der Waals surface area contributed by atoms with E-state index >= 15 is 0 Å². The summed E-state index contributed by atoms with van der Waals surface area (Å²) in [6.07, 6.45) is 7.32. The third-order valence-electron chi connectivity index (χ3n) is 5.32. The highest BCUT2D eigenvalue weighted by molar-refractivity contribution is 5.12. The molecular formula is C19H26N4O. The van der Waals surface area contributed by atoms with Crippen LogP contribution in [0, 0.1) is 6.92 Å². The molecule has 128 valence electrons. The second kappa shape index (κ2) is 7.03. The molecule has 0 saturated carbocycles. The van der Waals surface area contributed by atoms with Crippen molar-refractivity contribution in [2.45, 2.75) is 44.7 Å². The molecule has 0 spiro atoms. The lowest BCUT2D eigenvalue weighted by Crippen LogP contribution is -2.24. The molecule has 2 fully saturated rings. The SMILES string of the molecule is Cc1cnc(C2CCOCC2)n1C1CCN(Cc2ccccn2)C1. The van der Waals surface area contributed by atoms with Gasteiger partial charge in [-0.1, -0.05) is 6.07 Å². The molecule has 0 amide bonds. The number of aryl methyl sites for hydroxylation is 1. The Morgan fingerprint density at radius 1 is 1.17 bits per heavy atom. The van der Waals surface area contributed by atoms with Crippen LogP contribution in [0.25, 0.3) is 0 Å². The molecule has 2 saturated heterocycles. The van der Waals surface area contributed by atoms with E-state index in [1.165, 1.54) is 17.9 Å². The maximum atomic E-state index is 5.52. The van der Waals surface area contributed by atoms with Gasteiger partial charge in [0.15, 0.2) is 0 Å². The fraction of sp³-hybridized carbons (Fsp3) is 0.579. The second-order valence-corrected chi connectivity index (χ2v) is 7.01. The Hall–Kier alpha value is -1.72. The number of rotatable bonds is 4. The Balaban J connectivity index is 1.47. The van der Waals surface area contributed by atoms with E-state index in [1.807, 2.05) is 18.5 Å². The summed E-state index contributed by atoms with van der Waals surface area (Å²) in [6, 6.07) is 6.70. The molecule has 0 N–H and O–H groups in total. The van der Waals surface area contributed by atoms with Gasteiger partial charge >= 0.3 is 0 Å². The normalized spacial score (nSPS) is 23.0. The van der Waals surface area contributed by atoms with Crippen molar-refractivity contribution < 1.29 is 4.74 Å². The van der Waals surface area contributed by atoms with E-state index in [-0.39, 0.29) is 0 Å². The first-order valence-electron chi connectivity index (χ1n) is 9.05. The minimum absolute atomic E-state index is 0.536. The van der Waals surface area contributed by atoms with Crippen LogP contribution < -0.4 is 0 Å². The zero-order chi connectivity index (χ0) is 16.4. The van der Waals surface area contributed by atoms with Crippen molar-refractivity contribution in [1.82, 2.24) is 19.4 Å². The van der Waals surface area contributed by atoms with Crippen LogP contribution in [0.4, 0.5) is 0 Å². The number of ether oxygens (including phenoxy) is 1. The van der Waals surface area contributed by atoms with Gasteiger partial charge in [0, 0.05) is 62.9 Å². The molecule has 0 aromatic carbocycles. The summed E-state index contributed by atoms with van der Waals surface area (Å²) in [5, 5.41) is 0. The van der Waals surface area contributed by atoms with Gasteiger partial charge in [-0.25, -0.2) is 4.98 Å². The predicted octanol–water partition coefficient (Wildman–Crippen LogP) is 2.93. The van der Waals surface area contributed by atoms with E-state index in [4.69, 9.17) is 9.72 Å². The quantitative estimate of drug-likeness (QED) is 0.866. The summed E-state index contributed by atoms with van der Waals surface area (Å²) in [7, 11) is 0. The maximum absolute atomic E-state index is 5.52. The number of imidazole rings is 1. The third kappa shape index (κ3) is 3.23. The number of hydrogen-bond donors (Lipinski definition) is 0. The molecule has 2 aromatic rings. The van der Waals surface area contributed by atoms with Crippen LogP contribution in [0.1, 0.15) is 48.4 Å². The van der Waals surface area contributed by atoms with Crippen LogP contribution in [-0.2, 0) is 11.3 Å². The molecule has 4 heterocycles. The van der Waals surface area contributed by atoms with Crippen molar-refractivity contribution in [2.75, 3.05) is 26.3 Å². The zero-order valence-corrected chi connectivity index (χ0v) is 14.4. The molecule has 0 aliphatic carbocycles. The van der Waals surface area contributed by atoms with E-state index < -0.39 is 0 Å². The Morgan fingerprint density at radius 3 is 2.83 bits per heavy atom. The van der Waals surface area contributed by atoms with Crippen LogP contribution in [0.2, 0.25) is 0 Å². The van der Waals surface area contributed by atoms with E-state index in [9.17, 15) is 0 Å². The minimum atomic E-state index is 0.536. The Morgan fingerprint density at radius 2 is 2.04 bits per heavy atom. The number of aromatic nitrogens is 3. The summed E-state index contributed by atoms with van der Waals surface area (Å²) < 4.78 is 8.03. The van der Waals surface area contributed by atoms with Gasteiger partial charge in [0.05, 0.1) is 5.69 Å². The zero-order valence-electron chi connectivity index (χ0n) is 14.4. The van der Waals surface area contributed by atoms with Crippen molar-refractivity contribution >= 4 is 0 Å². The molecule has 2 aliphatic heterocycles. The standard InChI is InChI=1S/C19H26N4O/c1-15-12-21-19(16-6-10-24-11-7-16)23(15)18-5-9-22(14-18)13-17-4-2-3-8-20-17/h2-4,8,12,16,18H,5-7,9-11,13-14H2,1H3. The lowest BCUT2D eigenvalue weighted by Gasteiger charge is -2.26. The average Bonchev–Trinajstić information content (AvgIpc) is 3.23. The lowest BCUT2D eigenvalue weighted by molar-refractivity contribution is 0.0824. The van der Waals surface area contributed by atoms with Crippen molar-refractivity contribution in [1.29, 1.82) is 0 Å². The van der Waals surface area contributed by atoms with Gasteiger partial charge in [0.1, 0.15) is 5.82 Å². The van der Waals surface area contributed by atoms with Crippen LogP contribution in [-0.4, -0.2) is 45.7 Å². The first kappa shape index (κ1) is 15.8. The summed E-state index contributed by atoms with van der Waals surface area (Å²) in [5.41, 5.74) is 2.45. The number of likely N-dealkylation sites (tertiary alicyclic amines) is 1. The van der Waals surface area contributed by atoms with Crippen molar-refractivity contribution in [3.05, 3.63) is 47.8 Å².